The van der Waals surface area contributed by atoms with E-state index in [9.17, 15) is 4.79 Å². The number of carbonyl (C=O) groups excluding carboxylic acids is 1. The van der Waals surface area contributed by atoms with Gasteiger partial charge in [-0.15, -0.1) is 0 Å². The first-order valence-corrected chi connectivity index (χ1v) is 8.93. The zero-order valence-corrected chi connectivity index (χ0v) is 14.9. The minimum absolute atomic E-state index is 0.0286. The molecule has 0 saturated carbocycles. The predicted octanol–water partition coefficient (Wildman–Crippen LogP) is 5.21. The maximum Gasteiger partial charge on any atom is 0.266 e. The maximum atomic E-state index is 12.7. The third kappa shape index (κ3) is 3.66. The first-order chi connectivity index (χ1) is 11.7. The summed E-state index contributed by atoms with van der Waals surface area (Å²) in [6.45, 7) is 2.00. The van der Waals surface area contributed by atoms with Gasteiger partial charge in [0.05, 0.1) is 10.9 Å². The number of benzene rings is 2. The number of thiocarbonyl (C=S) groups is 1. The predicted molar refractivity (Wildman–Crippen MR) is 105 cm³/mol. The van der Waals surface area contributed by atoms with Gasteiger partial charge in [0.2, 0.25) is 0 Å². The van der Waals surface area contributed by atoms with Crippen LogP contribution in [-0.4, -0.2) is 15.1 Å². The second-order valence-electron chi connectivity index (χ2n) is 5.43. The van der Waals surface area contributed by atoms with Crippen molar-refractivity contribution in [1.29, 1.82) is 0 Å². The molecule has 0 bridgehead atoms. The first kappa shape index (κ1) is 16.7. The highest BCUT2D eigenvalue weighted by atomic mass is 32.2. The minimum atomic E-state index is -0.0669. The lowest BCUT2D eigenvalue weighted by Crippen LogP contribution is -2.30. The molecule has 2 aromatic rings. The molecule has 2 aromatic carbocycles. The molecule has 1 amide bonds. The average molecular weight is 351 g/mol. The van der Waals surface area contributed by atoms with Crippen LogP contribution in [0.3, 0.4) is 0 Å². The molecule has 0 N–H and O–H groups in total. The Bertz CT molecular complexity index is 797. The quantitative estimate of drug-likeness (QED) is 0.557. The Labute approximate surface area is 151 Å². The van der Waals surface area contributed by atoms with Crippen LogP contribution in [0.5, 0.6) is 0 Å². The SMILES string of the molecule is CC(c1ccccc1)N1C(=O)/C(=C/C=C/c2ccccc2)SC1=S. The standard InChI is InChI=1S/C20H17NOS2/c1-15(17-12-6-3-7-13-17)21-19(22)18(24-20(21)23)14-8-11-16-9-4-2-5-10-16/h2-15H,1H3/b11-8+,18-14-. The molecule has 0 spiro atoms. The van der Waals surface area contributed by atoms with Crippen LogP contribution in [-0.2, 0) is 4.79 Å². The van der Waals surface area contributed by atoms with E-state index in [1.807, 2.05) is 85.8 Å². The van der Waals surface area contributed by atoms with Gasteiger partial charge < -0.3 is 0 Å². The van der Waals surface area contributed by atoms with Crippen molar-refractivity contribution in [3.8, 4) is 0 Å². The van der Waals surface area contributed by atoms with Crippen LogP contribution in [0.25, 0.3) is 6.08 Å². The summed E-state index contributed by atoms with van der Waals surface area (Å²) in [6, 6.07) is 19.9. The van der Waals surface area contributed by atoms with E-state index in [0.29, 0.717) is 9.23 Å². The van der Waals surface area contributed by atoms with E-state index in [1.54, 1.807) is 4.90 Å². The molecule has 24 heavy (non-hydrogen) atoms. The molecule has 120 valence electrons. The van der Waals surface area contributed by atoms with E-state index in [1.165, 1.54) is 11.8 Å². The van der Waals surface area contributed by atoms with Crippen LogP contribution in [0.4, 0.5) is 0 Å². The fraction of sp³-hybridized carbons (Fsp3) is 0.100. The van der Waals surface area contributed by atoms with Crippen molar-refractivity contribution in [2.45, 2.75) is 13.0 Å². The molecule has 2 nitrogen and oxygen atoms in total. The third-order valence-electron chi connectivity index (χ3n) is 3.83. The maximum absolute atomic E-state index is 12.7. The summed E-state index contributed by atoms with van der Waals surface area (Å²) in [5, 5.41) is 0. The summed E-state index contributed by atoms with van der Waals surface area (Å²) >= 11 is 6.78. The third-order valence-corrected chi connectivity index (χ3v) is 5.18. The number of hydrogen-bond acceptors (Lipinski definition) is 3. The van der Waals surface area contributed by atoms with Crippen LogP contribution in [0, 0.1) is 0 Å². The van der Waals surface area contributed by atoms with Gasteiger partial charge in [0.15, 0.2) is 0 Å². The summed E-state index contributed by atoms with van der Waals surface area (Å²) in [4.78, 5) is 15.0. The largest absolute Gasteiger partial charge is 0.286 e. The molecule has 4 heteroatoms. The number of amides is 1. The van der Waals surface area contributed by atoms with E-state index < -0.39 is 0 Å². The molecule has 0 aliphatic carbocycles. The minimum Gasteiger partial charge on any atom is -0.286 e. The molecule has 1 heterocycles. The van der Waals surface area contributed by atoms with E-state index in [-0.39, 0.29) is 11.9 Å². The number of allylic oxidation sites excluding steroid dienone is 2. The molecule has 0 aromatic heterocycles. The first-order valence-electron chi connectivity index (χ1n) is 7.70. The molecule has 1 fully saturated rings. The van der Waals surface area contributed by atoms with E-state index in [4.69, 9.17) is 12.2 Å². The Morgan fingerprint density at radius 2 is 1.67 bits per heavy atom. The molecule has 1 saturated heterocycles. The van der Waals surface area contributed by atoms with Crippen molar-refractivity contribution < 1.29 is 4.79 Å². The van der Waals surface area contributed by atoms with Crippen LogP contribution in [0.15, 0.2) is 77.7 Å². The number of hydrogen-bond donors (Lipinski definition) is 0. The van der Waals surface area contributed by atoms with Gasteiger partial charge in [-0.1, -0.05) is 96.8 Å². The highest BCUT2D eigenvalue weighted by Gasteiger charge is 2.35. The molecule has 1 unspecified atom stereocenters. The fourth-order valence-electron chi connectivity index (χ4n) is 2.52. The molecule has 1 aliphatic rings. The van der Waals surface area contributed by atoms with Crippen molar-refractivity contribution in [1.82, 2.24) is 4.90 Å². The van der Waals surface area contributed by atoms with Crippen molar-refractivity contribution in [3.05, 3.63) is 88.8 Å². The van der Waals surface area contributed by atoms with Gasteiger partial charge in [0.25, 0.3) is 5.91 Å². The molecular formula is C20H17NOS2. The Morgan fingerprint density at radius 3 is 2.33 bits per heavy atom. The zero-order chi connectivity index (χ0) is 16.9. The lowest BCUT2D eigenvalue weighted by Gasteiger charge is -2.23. The topological polar surface area (TPSA) is 20.3 Å². The molecule has 1 atom stereocenters. The molecule has 0 radical (unpaired) electrons. The molecule has 3 rings (SSSR count). The average Bonchev–Trinajstić information content (AvgIpc) is 2.90. The Balaban J connectivity index is 1.76. The molecular weight excluding hydrogens is 334 g/mol. The molecule has 1 aliphatic heterocycles. The van der Waals surface area contributed by atoms with Crippen molar-refractivity contribution in [2.24, 2.45) is 0 Å². The number of thioether (sulfide) groups is 1. The van der Waals surface area contributed by atoms with Crippen molar-refractivity contribution in [3.63, 3.8) is 0 Å². The van der Waals surface area contributed by atoms with Gasteiger partial charge in [-0.05, 0) is 24.1 Å². The van der Waals surface area contributed by atoms with E-state index in [2.05, 4.69) is 0 Å². The Morgan fingerprint density at radius 1 is 1.04 bits per heavy atom. The van der Waals surface area contributed by atoms with Crippen LogP contribution < -0.4 is 0 Å². The smallest absolute Gasteiger partial charge is 0.266 e. The van der Waals surface area contributed by atoms with Crippen LogP contribution in [0.1, 0.15) is 24.1 Å². The monoisotopic (exact) mass is 351 g/mol. The summed E-state index contributed by atoms with van der Waals surface area (Å²) in [6.07, 6.45) is 5.71. The summed E-state index contributed by atoms with van der Waals surface area (Å²) < 4.78 is 0.607. The van der Waals surface area contributed by atoms with Crippen molar-refractivity contribution >= 4 is 40.3 Å². The van der Waals surface area contributed by atoms with Gasteiger partial charge in [-0.2, -0.15) is 0 Å². The second kappa shape index (κ2) is 7.60. The fourth-order valence-corrected chi connectivity index (χ4v) is 3.89. The van der Waals surface area contributed by atoms with Crippen LogP contribution >= 0.6 is 24.0 Å². The van der Waals surface area contributed by atoms with Gasteiger partial charge >= 0.3 is 0 Å². The Hall–Kier alpha value is -2.17. The number of rotatable bonds is 4. The van der Waals surface area contributed by atoms with Crippen molar-refractivity contribution in [2.75, 3.05) is 0 Å². The van der Waals surface area contributed by atoms with E-state index >= 15 is 0 Å². The summed E-state index contributed by atoms with van der Waals surface area (Å²) in [5.74, 6) is -0.0286. The van der Waals surface area contributed by atoms with Crippen LogP contribution in [0.2, 0.25) is 0 Å². The van der Waals surface area contributed by atoms with Gasteiger partial charge in [-0.25, -0.2) is 0 Å². The Kier molecular flexibility index (Phi) is 5.28. The summed E-state index contributed by atoms with van der Waals surface area (Å²) in [5.41, 5.74) is 2.18. The lowest BCUT2D eigenvalue weighted by atomic mass is 10.1. The highest BCUT2D eigenvalue weighted by Crippen LogP contribution is 2.36. The van der Waals surface area contributed by atoms with Gasteiger partial charge in [0, 0.05) is 0 Å². The van der Waals surface area contributed by atoms with Gasteiger partial charge in [-0.3, -0.25) is 9.69 Å². The van der Waals surface area contributed by atoms with E-state index in [0.717, 1.165) is 11.1 Å². The lowest BCUT2D eigenvalue weighted by molar-refractivity contribution is -0.123. The zero-order valence-electron chi connectivity index (χ0n) is 13.3. The summed E-state index contributed by atoms with van der Waals surface area (Å²) in [7, 11) is 0. The number of nitrogens with zero attached hydrogens (tertiary/aromatic N) is 1. The van der Waals surface area contributed by atoms with Gasteiger partial charge in [0.1, 0.15) is 4.32 Å². The highest BCUT2D eigenvalue weighted by molar-refractivity contribution is 8.26. The normalized spacial score (nSPS) is 17.9. The second-order valence-corrected chi connectivity index (χ2v) is 7.11. The number of carbonyl (C=O) groups is 1.